The number of nitrogens with zero attached hydrogens (tertiary/aromatic N) is 2. The molecule has 4 heterocycles. The maximum absolute atomic E-state index is 14.3. The Hall–Kier alpha value is -5.37. The number of aliphatic hydroxyl groups is 1. The molecule has 5 N–H and O–H groups in total. The molecule has 4 atom stereocenters. The average molecular weight is 941 g/mol. The Morgan fingerprint density at radius 3 is 1.44 bits per heavy atom. The van der Waals surface area contributed by atoms with Crippen molar-refractivity contribution in [1.82, 2.24) is 0 Å². The molecule has 18 nitrogen and oxygen atoms in total. The van der Waals surface area contributed by atoms with Gasteiger partial charge in [0.2, 0.25) is 0 Å². The normalized spacial score (nSPS) is 20.8. The first-order valence-corrected chi connectivity index (χ1v) is 26.0. The number of ether oxygens (including phenoxy) is 4. The fourth-order valence-corrected chi connectivity index (χ4v) is 13.7. The molecular formula is C43H49N4O14PS2. The van der Waals surface area contributed by atoms with Crippen LogP contribution in [0.2, 0.25) is 0 Å². The van der Waals surface area contributed by atoms with Gasteiger partial charge in [0.05, 0.1) is 69.2 Å². The van der Waals surface area contributed by atoms with E-state index in [9.17, 15) is 45.2 Å². The number of hydrogen-bond acceptors (Lipinski definition) is 14. The summed E-state index contributed by atoms with van der Waals surface area (Å²) in [6, 6.07) is 18.1. The monoisotopic (exact) mass is 940 g/mol. The van der Waals surface area contributed by atoms with E-state index in [4.69, 9.17) is 18.9 Å². The second-order valence-electron chi connectivity index (χ2n) is 16.1. The van der Waals surface area contributed by atoms with Gasteiger partial charge in [-0.15, -0.1) is 0 Å². The highest BCUT2D eigenvalue weighted by molar-refractivity contribution is 7.86. The van der Waals surface area contributed by atoms with Gasteiger partial charge in [-0.25, -0.2) is 0 Å². The summed E-state index contributed by atoms with van der Waals surface area (Å²) in [7, 11) is -9.51. The fraction of sp³-hybridized carbons (Fsp3) is 0.395. The van der Waals surface area contributed by atoms with Crippen molar-refractivity contribution in [2.45, 2.75) is 54.9 Å². The SMILES string of the molecule is COc1cc2c(cc1OCCCP(=O)(CCCO)CCCOc1cc3c(cc1OC)C(=O)N1c4ccccc4C[C@H]1C(S(=O)(=O)O)N3)NC(S(=O)(=O)O)[C@@H]1Cc3ccccc3N1C2=O. The van der Waals surface area contributed by atoms with Crippen LogP contribution < -0.4 is 39.4 Å². The number of carbonyl (C=O) groups is 2. The summed E-state index contributed by atoms with van der Waals surface area (Å²) in [6.45, 7) is -0.0199. The zero-order valence-electron chi connectivity index (χ0n) is 35.0. The van der Waals surface area contributed by atoms with Crippen molar-refractivity contribution < 1.29 is 64.1 Å². The van der Waals surface area contributed by atoms with E-state index in [1.54, 1.807) is 48.5 Å². The fourth-order valence-electron chi connectivity index (χ4n) is 9.16. The van der Waals surface area contributed by atoms with E-state index in [0.717, 1.165) is 11.1 Å². The maximum Gasteiger partial charge on any atom is 0.288 e. The molecular weight excluding hydrogens is 892 g/mol. The largest absolute Gasteiger partial charge is 0.493 e. The first-order chi connectivity index (χ1) is 30.5. The Kier molecular flexibility index (Phi) is 12.6. The molecule has 0 aromatic heterocycles. The third-order valence-electron chi connectivity index (χ3n) is 12.1. The molecule has 4 aliphatic rings. The van der Waals surface area contributed by atoms with Crippen molar-refractivity contribution >= 4 is 61.9 Å². The second kappa shape index (κ2) is 17.9. The highest BCUT2D eigenvalue weighted by Gasteiger charge is 2.49. The number of methoxy groups -OCH3 is 2. The van der Waals surface area contributed by atoms with Gasteiger partial charge >= 0.3 is 0 Å². The second-order valence-corrected chi connectivity index (χ2v) is 22.7. The standard InChI is InChI=1S/C43H49N4O14PS2/c1-58-36-22-28-30(44-40(63(52,53)54)34-20-26-10-3-5-12-32(26)46(34)42(28)49)24-38(36)60-15-8-18-62(51,17-7-14-48)19-9-16-61-39-25-31-29(23-37(39)59-2)43(50)47-33-13-6-4-11-27(33)21-35(47)41(45-31)64(55,56)57/h3-6,10-13,22-25,34-35,40-41,44-45,48H,7-9,14-21H2,1-2H3,(H,52,53,54)(H,55,56,57)/t34-,35-,40?,41?,62?/m0/s1. The highest BCUT2D eigenvalue weighted by atomic mass is 32.2. The van der Waals surface area contributed by atoms with Gasteiger partial charge in [-0.2, -0.15) is 16.8 Å². The van der Waals surface area contributed by atoms with E-state index in [1.807, 2.05) is 0 Å². The van der Waals surface area contributed by atoms with Crippen LogP contribution in [0.5, 0.6) is 23.0 Å². The number of anilines is 4. The Balaban J connectivity index is 0.931. The van der Waals surface area contributed by atoms with Gasteiger partial charge in [0, 0.05) is 48.6 Å². The first-order valence-electron chi connectivity index (χ1n) is 20.7. The third-order valence-corrected chi connectivity index (χ3v) is 17.7. The lowest BCUT2D eigenvalue weighted by atomic mass is 10.1. The Morgan fingerprint density at radius 2 is 1.05 bits per heavy atom. The van der Waals surface area contributed by atoms with Gasteiger partial charge in [-0.3, -0.25) is 18.7 Å². The number of amides is 2. The van der Waals surface area contributed by atoms with Gasteiger partial charge in [-0.05, 0) is 67.5 Å². The van der Waals surface area contributed by atoms with Crippen LogP contribution in [-0.2, 0) is 37.6 Å². The molecule has 0 aliphatic carbocycles. The molecule has 2 amide bonds. The van der Waals surface area contributed by atoms with E-state index in [2.05, 4.69) is 10.6 Å². The predicted octanol–water partition coefficient (Wildman–Crippen LogP) is 5.11. The smallest absolute Gasteiger partial charge is 0.288 e. The lowest BCUT2D eigenvalue weighted by molar-refractivity contribution is 0.0974. The minimum Gasteiger partial charge on any atom is -0.493 e. The van der Waals surface area contributed by atoms with Crippen LogP contribution >= 0.6 is 7.14 Å². The van der Waals surface area contributed by atoms with Crippen LogP contribution in [0.1, 0.15) is 51.1 Å². The third kappa shape index (κ3) is 8.74. The number of nitrogens with one attached hydrogen (secondary N) is 2. The maximum atomic E-state index is 14.3. The molecule has 0 fully saturated rings. The molecule has 64 heavy (non-hydrogen) atoms. The molecule has 8 rings (SSSR count). The molecule has 0 saturated carbocycles. The topological polar surface area (TPSA) is 248 Å². The summed E-state index contributed by atoms with van der Waals surface area (Å²) >= 11 is 0. The van der Waals surface area contributed by atoms with Gasteiger partial charge in [-0.1, -0.05) is 36.4 Å². The molecule has 21 heteroatoms. The number of hydrogen-bond donors (Lipinski definition) is 5. The predicted molar refractivity (Wildman–Crippen MR) is 240 cm³/mol. The van der Waals surface area contributed by atoms with Gasteiger partial charge in [0.1, 0.15) is 0 Å². The Labute approximate surface area is 370 Å². The van der Waals surface area contributed by atoms with E-state index in [1.165, 1.54) is 48.3 Å². The number of carbonyl (C=O) groups excluding carboxylic acids is 2. The molecule has 342 valence electrons. The number of benzene rings is 4. The molecule has 0 bridgehead atoms. The van der Waals surface area contributed by atoms with E-state index < -0.39 is 62.0 Å². The van der Waals surface area contributed by atoms with Crippen LogP contribution in [0, 0.1) is 0 Å². The summed E-state index contributed by atoms with van der Waals surface area (Å²) in [6.07, 6.45) is 2.14. The first kappa shape index (κ1) is 45.2. The van der Waals surface area contributed by atoms with Crippen LogP contribution in [0.15, 0.2) is 72.8 Å². The highest BCUT2D eigenvalue weighted by Crippen LogP contribution is 2.49. The number of rotatable bonds is 17. The van der Waals surface area contributed by atoms with Gasteiger partial charge in [0.15, 0.2) is 33.7 Å². The summed E-state index contributed by atoms with van der Waals surface area (Å²) in [5, 5.41) is 12.3. The zero-order chi connectivity index (χ0) is 45.6. The van der Waals surface area contributed by atoms with Crippen LogP contribution in [0.4, 0.5) is 22.7 Å². The van der Waals surface area contributed by atoms with Crippen molar-refractivity contribution in [3.05, 3.63) is 95.1 Å². The molecule has 4 aromatic rings. The minimum absolute atomic E-state index is 0.0685. The van der Waals surface area contributed by atoms with Crippen LogP contribution in [-0.4, -0.2) is 118 Å². The van der Waals surface area contributed by atoms with Crippen molar-refractivity contribution in [3.63, 3.8) is 0 Å². The molecule has 4 aliphatic heterocycles. The lowest BCUT2D eigenvalue weighted by Crippen LogP contribution is -2.49. The molecule has 2 unspecified atom stereocenters. The van der Waals surface area contributed by atoms with Crippen molar-refractivity contribution in [1.29, 1.82) is 0 Å². The van der Waals surface area contributed by atoms with Crippen molar-refractivity contribution in [2.24, 2.45) is 0 Å². The van der Waals surface area contributed by atoms with E-state index >= 15 is 0 Å². The van der Waals surface area contributed by atoms with Gasteiger partial charge in [0.25, 0.3) is 32.1 Å². The summed E-state index contributed by atoms with van der Waals surface area (Å²) in [5.74, 6) is -0.169. The van der Waals surface area contributed by atoms with Crippen molar-refractivity contribution in [2.75, 3.05) is 73.0 Å². The van der Waals surface area contributed by atoms with Crippen LogP contribution in [0.25, 0.3) is 0 Å². The van der Waals surface area contributed by atoms with Crippen molar-refractivity contribution in [3.8, 4) is 23.0 Å². The van der Waals surface area contributed by atoms with Crippen LogP contribution in [0.3, 0.4) is 0 Å². The Bertz CT molecular complexity index is 2580. The average Bonchev–Trinajstić information content (AvgIpc) is 3.77. The quantitative estimate of drug-likeness (QED) is 0.0524. The number of fused-ring (bicyclic) bond motifs is 8. The lowest BCUT2D eigenvalue weighted by Gasteiger charge is -2.27. The summed E-state index contributed by atoms with van der Waals surface area (Å²) < 4.78 is 109. The number of para-hydroxylation sites is 2. The number of aliphatic hydroxyl groups excluding tert-OH is 1. The molecule has 4 aromatic carbocycles. The van der Waals surface area contributed by atoms with E-state index in [-0.39, 0.29) is 96.6 Å². The minimum atomic E-state index is -4.70. The van der Waals surface area contributed by atoms with E-state index in [0.29, 0.717) is 30.6 Å². The summed E-state index contributed by atoms with van der Waals surface area (Å²) in [5.41, 5.74) is 3.12. The Morgan fingerprint density at radius 1 is 0.641 bits per heavy atom. The zero-order valence-corrected chi connectivity index (χ0v) is 37.5. The molecule has 0 spiro atoms. The van der Waals surface area contributed by atoms with Gasteiger partial charge < -0.3 is 49.1 Å². The molecule has 0 radical (unpaired) electrons. The summed E-state index contributed by atoms with van der Waals surface area (Å²) in [4.78, 5) is 30.8. The molecule has 0 saturated heterocycles.